The summed E-state index contributed by atoms with van der Waals surface area (Å²) in [5, 5.41) is 8.01. The average Bonchev–Trinajstić information content (AvgIpc) is 3.19. The quantitative estimate of drug-likeness (QED) is 0.854. The van der Waals surface area contributed by atoms with Crippen molar-refractivity contribution in [2.45, 2.75) is 6.10 Å². The van der Waals surface area contributed by atoms with Crippen LogP contribution in [0.5, 0.6) is 0 Å². The van der Waals surface area contributed by atoms with Crippen LogP contribution in [0.3, 0.4) is 0 Å². The Kier molecular flexibility index (Phi) is 5.33. The smallest absolute Gasteiger partial charge is 0.150 e. The van der Waals surface area contributed by atoms with E-state index in [0.717, 1.165) is 51.5 Å². The first kappa shape index (κ1) is 18.4. The average molecular weight is 389 g/mol. The number of hydrogen-bond acceptors (Lipinski definition) is 5. The summed E-state index contributed by atoms with van der Waals surface area (Å²) in [5.41, 5.74) is 4.75. The molecular formula is C24H28N4O. The summed E-state index contributed by atoms with van der Waals surface area (Å²) < 4.78 is 0. The number of oxime groups is 1. The number of para-hydroxylation sites is 1. The molecule has 0 saturated carbocycles. The van der Waals surface area contributed by atoms with E-state index in [0.29, 0.717) is 5.92 Å². The molecule has 29 heavy (non-hydrogen) atoms. The van der Waals surface area contributed by atoms with E-state index in [1.807, 2.05) is 0 Å². The van der Waals surface area contributed by atoms with Gasteiger partial charge < -0.3 is 10.2 Å². The van der Waals surface area contributed by atoms with E-state index in [-0.39, 0.29) is 6.10 Å². The molecule has 1 N–H and O–H groups in total. The molecule has 1 fully saturated rings. The van der Waals surface area contributed by atoms with Crippen LogP contribution in [0.1, 0.15) is 11.1 Å². The lowest BCUT2D eigenvalue weighted by Crippen LogP contribution is -2.50. The van der Waals surface area contributed by atoms with Crippen molar-refractivity contribution < 1.29 is 4.84 Å². The number of nitrogens with zero attached hydrogens (tertiary/aromatic N) is 3. The first-order valence-electron chi connectivity index (χ1n) is 10.6. The minimum atomic E-state index is 0.149. The van der Waals surface area contributed by atoms with Gasteiger partial charge in [-0.05, 0) is 11.6 Å². The highest BCUT2D eigenvalue weighted by atomic mass is 16.6. The molecule has 5 heteroatoms. The molecule has 0 aromatic heterocycles. The van der Waals surface area contributed by atoms with Crippen molar-refractivity contribution in [3.63, 3.8) is 0 Å². The van der Waals surface area contributed by atoms with E-state index in [9.17, 15) is 0 Å². The standard InChI is InChI=1S/C24H28N4O/c1-2-7-19(8-3-1)9-6-12-27-13-15-28(16-14-27)18-23-21-17-25-22-11-5-4-10-20(22)24(21)26-29-23/h1-11,21,23,25H,12-18H2/b9-6+/t21-,23-/m0/s1. The maximum atomic E-state index is 5.88. The summed E-state index contributed by atoms with van der Waals surface area (Å²) >= 11 is 0. The molecule has 2 aromatic rings. The number of anilines is 1. The van der Waals surface area contributed by atoms with Gasteiger partial charge in [0.05, 0.1) is 11.6 Å². The van der Waals surface area contributed by atoms with Crippen LogP contribution in [0.4, 0.5) is 5.69 Å². The van der Waals surface area contributed by atoms with Gasteiger partial charge in [-0.1, -0.05) is 65.8 Å². The van der Waals surface area contributed by atoms with Gasteiger partial charge in [-0.25, -0.2) is 0 Å². The van der Waals surface area contributed by atoms with Gasteiger partial charge in [-0.3, -0.25) is 9.80 Å². The highest BCUT2D eigenvalue weighted by molar-refractivity contribution is 6.08. The lowest BCUT2D eigenvalue weighted by Gasteiger charge is -2.36. The summed E-state index contributed by atoms with van der Waals surface area (Å²) in [4.78, 5) is 10.9. The van der Waals surface area contributed by atoms with Crippen LogP contribution in [0.25, 0.3) is 6.08 Å². The zero-order chi connectivity index (χ0) is 19.5. The van der Waals surface area contributed by atoms with Crippen molar-refractivity contribution in [1.29, 1.82) is 0 Å². The maximum Gasteiger partial charge on any atom is 0.150 e. The molecule has 0 bridgehead atoms. The van der Waals surface area contributed by atoms with E-state index < -0.39 is 0 Å². The molecular weight excluding hydrogens is 360 g/mol. The molecule has 5 nitrogen and oxygen atoms in total. The largest absolute Gasteiger partial charge is 0.390 e. The predicted molar refractivity (Wildman–Crippen MR) is 118 cm³/mol. The summed E-state index contributed by atoms with van der Waals surface area (Å²) in [7, 11) is 0. The molecule has 0 unspecified atom stereocenters. The predicted octanol–water partition coefficient (Wildman–Crippen LogP) is 3.16. The van der Waals surface area contributed by atoms with Crippen LogP contribution in [0.2, 0.25) is 0 Å². The van der Waals surface area contributed by atoms with E-state index in [2.05, 4.69) is 87.0 Å². The van der Waals surface area contributed by atoms with Crippen molar-refractivity contribution in [3.05, 3.63) is 71.8 Å². The number of nitrogens with one attached hydrogen (secondary N) is 1. The van der Waals surface area contributed by atoms with Gasteiger partial charge in [0.15, 0.2) is 0 Å². The topological polar surface area (TPSA) is 40.1 Å². The Morgan fingerprint density at radius 3 is 2.59 bits per heavy atom. The lowest BCUT2D eigenvalue weighted by molar-refractivity contribution is 0.0205. The SMILES string of the molecule is C(=C\c1ccccc1)/CN1CCN(C[C@@H]2ON=C3c4ccccc4NC[C@H]32)CC1. The Labute approximate surface area is 172 Å². The lowest BCUT2D eigenvalue weighted by atomic mass is 9.88. The van der Waals surface area contributed by atoms with Crippen molar-refractivity contribution in [3.8, 4) is 0 Å². The number of piperazine rings is 1. The van der Waals surface area contributed by atoms with Crippen molar-refractivity contribution in [1.82, 2.24) is 9.80 Å². The fraction of sp³-hybridized carbons (Fsp3) is 0.375. The minimum absolute atomic E-state index is 0.149. The van der Waals surface area contributed by atoms with Gasteiger partial charge in [0.25, 0.3) is 0 Å². The summed E-state index contributed by atoms with van der Waals surface area (Å²) in [6, 6.07) is 18.9. The van der Waals surface area contributed by atoms with E-state index in [4.69, 9.17) is 4.84 Å². The summed E-state index contributed by atoms with van der Waals surface area (Å²) in [6.45, 7) is 7.26. The van der Waals surface area contributed by atoms with Crippen molar-refractivity contribution in [2.75, 3.05) is 51.1 Å². The van der Waals surface area contributed by atoms with Gasteiger partial charge in [0.2, 0.25) is 0 Å². The Balaban J connectivity index is 1.10. The van der Waals surface area contributed by atoms with E-state index >= 15 is 0 Å². The van der Waals surface area contributed by atoms with E-state index in [1.54, 1.807) is 0 Å². The molecule has 0 amide bonds. The first-order valence-corrected chi connectivity index (χ1v) is 10.6. The fourth-order valence-electron chi connectivity index (χ4n) is 4.47. The Hall–Kier alpha value is -2.63. The third kappa shape index (κ3) is 4.07. The molecule has 3 heterocycles. The molecule has 0 radical (unpaired) electrons. The molecule has 3 aliphatic heterocycles. The third-order valence-electron chi connectivity index (χ3n) is 6.18. The number of fused-ring (bicyclic) bond motifs is 3. The molecule has 0 spiro atoms. The fourth-order valence-corrected chi connectivity index (χ4v) is 4.47. The zero-order valence-corrected chi connectivity index (χ0v) is 16.7. The highest BCUT2D eigenvalue weighted by Crippen LogP contribution is 2.32. The van der Waals surface area contributed by atoms with Crippen LogP contribution < -0.4 is 5.32 Å². The highest BCUT2D eigenvalue weighted by Gasteiger charge is 2.39. The Bertz CT molecular complexity index is 887. The molecule has 2 atom stereocenters. The Morgan fingerprint density at radius 1 is 0.966 bits per heavy atom. The van der Waals surface area contributed by atoms with Crippen molar-refractivity contribution >= 4 is 17.5 Å². The van der Waals surface area contributed by atoms with Crippen LogP contribution in [-0.4, -0.2) is 67.4 Å². The molecule has 3 aliphatic rings. The van der Waals surface area contributed by atoms with Crippen LogP contribution >= 0.6 is 0 Å². The zero-order valence-electron chi connectivity index (χ0n) is 16.7. The molecule has 150 valence electrons. The van der Waals surface area contributed by atoms with Gasteiger partial charge in [0.1, 0.15) is 6.10 Å². The molecule has 1 saturated heterocycles. The number of rotatable bonds is 5. The number of benzene rings is 2. The van der Waals surface area contributed by atoms with Gasteiger partial charge in [-0.2, -0.15) is 0 Å². The minimum Gasteiger partial charge on any atom is -0.390 e. The second-order valence-electron chi connectivity index (χ2n) is 8.07. The van der Waals surface area contributed by atoms with Crippen molar-refractivity contribution in [2.24, 2.45) is 11.1 Å². The second-order valence-corrected chi connectivity index (χ2v) is 8.07. The monoisotopic (exact) mass is 388 g/mol. The number of hydrogen-bond donors (Lipinski definition) is 1. The van der Waals surface area contributed by atoms with Gasteiger partial charge in [-0.15, -0.1) is 0 Å². The maximum absolute atomic E-state index is 5.88. The van der Waals surface area contributed by atoms with Gasteiger partial charge in [0, 0.05) is 57.1 Å². The second kappa shape index (κ2) is 8.39. The molecule has 2 aromatic carbocycles. The van der Waals surface area contributed by atoms with Crippen LogP contribution in [0.15, 0.2) is 65.8 Å². The Morgan fingerprint density at radius 2 is 1.72 bits per heavy atom. The summed E-state index contributed by atoms with van der Waals surface area (Å²) in [6.07, 6.45) is 4.64. The first-order chi connectivity index (χ1) is 14.4. The van der Waals surface area contributed by atoms with Gasteiger partial charge >= 0.3 is 0 Å². The van der Waals surface area contributed by atoms with Crippen LogP contribution in [0, 0.1) is 5.92 Å². The van der Waals surface area contributed by atoms with E-state index in [1.165, 1.54) is 16.8 Å². The summed E-state index contributed by atoms with van der Waals surface area (Å²) in [5.74, 6) is 0.344. The normalized spacial score (nSPS) is 24.5. The van der Waals surface area contributed by atoms with Crippen LogP contribution in [-0.2, 0) is 4.84 Å². The molecule has 0 aliphatic carbocycles. The molecule has 5 rings (SSSR count). The third-order valence-corrected chi connectivity index (χ3v) is 6.18.